The Bertz CT molecular complexity index is 678. The maximum Gasteiger partial charge on any atom is 0.242 e. The van der Waals surface area contributed by atoms with Gasteiger partial charge in [-0.3, -0.25) is 4.79 Å². The molecule has 0 saturated carbocycles. The van der Waals surface area contributed by atoms with E-state index in [9.17, 15) is 4.79 Å². The summed E-state index contributed by atoms with van der Waals surface area (Å²) < 4.78 is 0. The zero-order chi connectivity index (χ0) is 15.5. The zero-order valence-corrected chi connectivity index (χ0v) is 13.2. The van der Waals surface area contributed by atoms with Gasteiger partial charge in [0.1, 0.15) is 6.04 Å². The standard InChI is InChI=1S/C16H15Cl2N3O/c17-11-6-7-12(18)14(8-11)19-16(22)15-9-13(20-21-15)10-4-2-1-3-5-10/h1-8,13,15,20-21H,9H2,(H,19,22). The fraction of sp³-hybridized carbons (Fsp3) is 0.188. The molecule has 4 nitrogen and oxygen atoms in total. The molecule has 2 atom stereocenters. The molecule has 1 amide bonds. The number of carbonyl (C=O) groups is 1. The van der Waals surface area contributed by atoms with Crippen LogP contribution in [0.25, 0.3) is 0 Å². The van der Waals surface area contributed by atoms with E-state index in [1.165, 1.54) is 0 Å². The quantitative estimate of drug-likeness (QED) is 0.804. The van der Waals surface area contributed by atoms with Crippen LogP contribution >= 0.6 is 23.2 Å². The van der Waals surface area contributed by atoms with Gasteiger partial charge in [-0.05, 0) is 30.2 Å². The molecule has 3 N–H and O–H groups in total. The van der Waals surface area contributed by atoms with E-state index < -0.39 is 0 Å². The molecule has 2 aromatic carbocycles. The molecule has 1 aliphatic rings. The number of hydrazine groups is 1. The average Bonchev–Trinajstić information content (AvgIpc) is 3.02. The van der Waals surface area contributed by atoms with Gasteiger partial charge in [0.25, 0.3) is 0 Å². The van der Waals surface area contributed by atoms with Crippen molar-refractivity contribution in [2.24, 2.45) is 0 Å². The highest BCUT2D eigenvalue weighted by atomic mass is 35.5. The van der Waals surface area contributed by atoms with E-state index in [2.05, 4.69) is 16.2 Å². The third-order valence-corrected chi connectivity index (χ3v) is 4.17. The lowest BCUT2D eigenvalue weighted by molar-refractivity contribution is -0.117. The van der Waals surface area contributed by atoms with Crippen LogP contribution in [0.2, 0.25) is 10.0 Å². The van der Waals surface area contributed by atoms with Gasteiger partial charge in [-0.2, -0.15) is 0 Å². The maximum atomic E-state index is 12.3. The number of hydrogen-bond donors (Lipinski definition) is 3. The van der Waals surface area contributed by atoms with Crippen molar-refractivity contribution in [2.45, 2.75) is 18.5 Å². The second kappa shape index (κ2) is 6.67. The van der Waals surface area contributed by atoms with Crippen LogP contribution in [-0.2, 0) is 4.79 Å². The molecule has 2 aromatic rings. The van der Waals surface area contributed by atoms with Gasteiger partial charge < -0.3 is 5.32 Å². The zero-order valence-electron chi connectivity index (χ0n) is 11.6. The number of carbonyl (C=O) groups excluding carboxylic acids is 1. The van der Waals surface area contributed by atoms with Crippen molar-refractivity contribution in [3.63, 3.8) is 0 Å². The van der Waals surface area contributed by atoms with E-state index >= 15 is 0 Å². The lowest BCUT2D eigenvalue weighted by atomic mass is 10.0. The summed E-state index contributed by atoms with van der Waals surface area (Å²) in [7, 11) is 0. The predicted molar refractivity (Wildman–Crippen MR) is 89.0 cm³/mol. The van der Waals surface area contributed by atoms with Gasteiger partial charge >= 0.3 is 0 Å². The fourth-order valence-electron chi connectivity index (χ4n) is 2.45. The SMILES string of the molecule is O=C(Nc1cc(Cl)ccc1Cl)C1CC(c2ccccc2)NN1. The molecule has 1 saturated heterocycles. The topological polar surface area (TPSA) is 53.2 Å². The summed E-state index contributed by atoms with van der Waals surface area (Å²) >= 11 is 12.0. The molecule has 0 spiro atoms. The monoisotopic (exact) mass is 335 g/mol. The van der Waals surface area contributed by atoms with Crippen LogP contribution in [0, 0.1) is 0 Å². The molecule has 1 aliphatic heterocycles. The van der Waals surface area contributed by atoms with Gasteiger partial charge in [0.05, 0.1) is 10.7 Å². The highest BCUT2D eigenvalue weighted by molar-refractivity contribution is 6.35. The Balaban J connectivity index is 1.66. The highest BCUT2D eigenvalue weighted by Gasteiger charge is 2.30. The van der Waals surface area contributed by atoms with Crippen molar-refractivity contribution in [2.75, 3.05) is 5.32 Å². The number of amides is 1. The molecule has 2 unspecified atom stereocenters. The van der Waals surface area contributed by atoms with Crippen molar-refractivity contribution in [3.8, 4) is 0 Å². The Morgan fingerprint density at radius 2 is 1.86 bits per heavy atom. The van der Waals surface area contributed by atoms with E-state index in [0.717, 1.165) is 5.56 Å². The number of nitrogens with one attached hydrogen (secondary N) is 3. The second-order valence-corrected chi connectivity index (χ2v) is 6.00. The summed E-state index contributed by atoms with van der Waals surface area (Å²) in [5.74, 6) is -0.143. The Morgan fingerprint density at radius 3 is 2.64 bits per heavy atom. The maximum absolute atomic E-state index is 12.3. The Kier molecular flexibility index (Phi) is 4.64. The molecule has 1 heterocycles. The molecule has 22 heavy (non-hydrogen) atoms. The number of hydrogen-bond acceptors (Lipinski definition) is 3. The third-order valence-electron chi connectivity index (χ3n) is 3.61. The lowest BCUT2D eigenvalue weighted by Gasteiger charge is -2.12. The van der Waals surface area contributed by atoms with Gasteiger partial charge in [-0.15, -0.1) is 0 Å². The van der Waals surface area contributed by atoms with Crippen molar-refractivity contribution < 1.29 is 4.79 Å². The lowest BCUT2D eigenvalue weighted by Crippen LogP contribution is -2.39. The molecule has 0 aromatic heterocycles. The van der Waals surface area contributed by atoms with Crippen molar-refractivity contribution in [1.82, 2.24) is 10.9 Å². The van der Waals surface area contributed by atoms with Crippen LogP contribution < -0.4 is 16.2 Å². The van der Waals surface area contributed by atoms with Gasteiger partial charge in [-0.25, -0.2) is 10.9 Å². The van der Waals surface area contributed by atoms with E-state index in [1.54, 1.807) is 18.2 Å². The first-order valence-corrected chi connectivity index (χ1v) is 7.71. The van der Waals surface area contributed by atoms with E-state index in [1.807, 2.05) is 30.3 Å². The van der Waals surface area contributed by atoms with Crippen molar-refractivity contribution in [1.29, 1.82) is 0 Å². The number of rotatable bonds is 3. The highest BCUT2D eigenvalue weighted by Crippen LogP contribution is 2.27. The largest absolute Gasteiger partial charge is 0.323 e. The summed E-state index contributed by atoms with van der Waals surface area (Å²) in [4.78, 5) is 12.3. The van der Waals surface area contributed by atoms with Crippen molar-refractivity contribution >= 4 is 34.8 Å². The molecule has 0 bridgehead atoms. The third kappa shape index (κ3) is 3.42. The summed E-state index contributed by atoms with van der Waals surface area (Å²) in [6.07, 6.45) is 0.661. The normalized spacial score (nSPS) is 20.8. The minimum atomic E-state index is -0.333. The predicted octanol–water partition coefficient (Wildman–Crippen LogP) is 3.54. The average molecular weight is 336 g/mol. The van der Waals surface area contributed by atoms with Crippen LogP contribution in [0.3, 0.4) is 0 Å². The summed E-state index contributed by atoms with van der Waals surface area (Å²) in [6.45, 7) is 0. The molecular formula is C16H15Cl2N3O. The molecule has 0 aliphatic carbocycles. The van der Waals surface area contributed by atoms with Gasteiger partial charge in [0.2, 0.25) is 5.91 Å². The number of anilines is 1. The first-order valence-electron chi connectivity index (χ1n) is 6.95. The van der Waals surface area contributed by atoms with Crippen LogP contribution in [0.1, 0.15) is 18.0 Å². The second-order valence-electron chi connectivity index (χ2n) is 5.15. The van der Waals surface area contributed by atoms with Crippen LogP contribution in [-0.4, -0.2) is 11.9 Å². The van der Waals surface area contributed by atoms with Gasteiger partial charge in [0, 0.05) is 11.1 Å². The summed E-state index contributed by atoms with van der Waals surface area (Å²) in [5, 5.41) is 3.80. The smallest absolute Gasteiger partial charge is 0.242 e. The number of halogens is 2. The van der Waals surface area contributed by atoms with Gasteiger partial charge in [-0.1, -0.05) is 53.5 Å². The molecular weight excluding hydrogens is 321 g/mol. The summed E-state index contributed by atoms with van der Waals surface area (Å²) in [5.41, 5.74) is 7.83. The van der Waals surface area contributed by atoms with E-state index in [-0.39, 0.29) is 18.0 Å². The first kappa shape index (κ1) is 15.3. The molecule has 114 valence electrons. The van der Waals surface area contributed by atoms with E-state index in [0.29, 0.717) is 22.2 Å². The summed E-state index contributed by atoms with van der Waals surface area (Å²) in [6, 6.07) is 14.8. The molecule has 0 radical (unpaired) electrons. The van der Waals surface area contributed by atoms with Crippen LogP contribution in [0.4, 0.5) is 5.69 Å². The molecule has 1 fully saturated rings. The fourth-order valence-corrected chi connectivity index (χ4v) is 2.78. The molecule has 3 rings (SSSR count). The minimum absolute atomic E-state index is 0.104. The minimum Gasteiger partial charge on any atom is -0.323 e. The Hall–Kier alpha value is -1.59. The van der Waals surface area contributed by atoms with E-state index in [4.69, 9.17) is 23.2 Å². The van der Waals surface area contributed by atoms with Crippen molar-refractivity contribution in [3.05, 3.63) is 64.1 Å². The first-order chi connectivity index (χ1) is 10.6. The Labute approximate surface area is 138 Å². The van der Waals surface area contributed by atoms with Crippen LogP contribution in [0.15, 0.2) is 48.5 Å². The Morgan fingerprint density at radius 1 is 1.09 bits per heavy atom. The molecule has 6 heteroatoms. The van der Waals surface area contributed by atoms with Crippen LogP contribution in [0.5, 0.6) is 0 Å². The van der Waals surface area contributed by atoms with Gasteiger partial charge in [0.15, 0.2) is 0 Å². The number of benzene rings is 2.